The van der Waals surface area contributed by atoms with Gasteiger partial charge in [-0.1, -0.05) is 20.3 Å². The highest BCUT2D eigenvalue weighted by Gasteiger charge is 2.21. The van der Waals surface area contributed by atoms with Crippen molar-refractivity contribution in [2.45, 2.75) is 45.6 Å². The number of piperidine rings is 1. The number of hydrogen-bond acceptors (Lipinski definition) is 3. The minimum Gasteiger partial charge on any atom is -0.330 e. The van der Waals surface area contributed by atoms with Crippen LogP contribution >= 0.6 is 0 Å². The molecule has 0 amide bonds. The fraction of sp³-hybridized carbons (Fsp3) is 1.00. The molecule has 1 rings (SSSR count). The van der Waals surface area contributed by atoms with Crippen molar-refractivity contribution < 1.29 is 0 Å². The molecule has 3 heteroatoms. The molecule has 17 heavy (non-hydrogen) atoms. The van der Waals surface area contributed by atoms with Crippen LogP contribution < -0.4 is 5.73 Å². The fourth-order valence-electron chi connectivity index (χ4n) is 2.73. The van der Waals surface area contributed by atoms with Crippen LogP contribution in [-0.4, -0.2) is 55.6 Å². The van der Waals surface area contributed by atoms with Gasteiger partial charge in [-0.25, -0.2) is 0 Å². The van der Waals surface area contributed by atoms with E-state index in [9.17, 15) is 0 Å². The van der Waals surface area contributed by atoms with E-state index in [2.05, 4.69) is 30.7 Å². The zero-order valence-corrected chi connectivity index (χ0v) is 12.0. The summed E-state index contributed by atoms with van der Waals surface area (Å²) in [5, 5.41) is 0. The summed E-state index contributed by atoms with van der Waals surface area (Å²) in [6, 6.07) is 0.799. The van der Waals surface area contributed by atoms with Crippen LogP contribution in [-0.2, 0) is 0 Å². The van der Waals surface area contributed by atoms with E-state index in [0.29, 0.717) is 5.92 Å². The largest absolute Gasteiger partial charge is 0.330 e. The maximum absolute atomic E-state index is 5.76. The zero-order chi connectivity index (χ0) is 12.7. The number of likely N-dealkylation sites (tertiary alicyclic amines) is 1. The molecule has 1 aliphatic heterocycles. The summed E-state index contributed by atoms with van der Waals surface area (Å²) < 4.78 is 0. The standard InChI is InChI=1S/C14H31N3/c1-4-13(12-15)6-9-16(3)14-7-10-17(5-2)11-8-14/h13-14H,4-12,15H2,1-3H3. The predicted molar refractivity (Wildman–Crippen MR) is 75.2 cm³/mol. The van der Waals surface area contributed by atoms with E-state index in [1.807, 2.05) is 0 Å². The second-order valence-corrected chi connectivity index (χ2v) is 5.44. The Morgan fingerprint density at radius 2 is 1.94 bits per heavy atom. The molecule has 1 atom stereocenters. The highest BCUT2D eigenvalue weighted by atomic mass is 15.2. The summed E-state index contributed by atoms with van der Waals surface area (Å²) in [7, 11) is 2.29. The minimum absolute atomic E-state index is 0.716. The van der Waals surface area contributed by atoms with Gasteiger partial charge < -0.3 is 15.5 Å². The Kier molecular flexibility index (Phi) is 7.09. The summed E-state index contributed by atoms with van der Waals surface area (Å²) in [4.78, 5) is 5.12. The third-order valence-electron chi connectivity index (χ3n) is 4.43. The first-order valence-corrected chi connectivity index (χ1v) is 7.33. The van der Waals surface area contributed by atoms with Gasteiger partial charge in [0.15, 0.2) is 0 Å². The third-order valence-corrected chi connectivity index (χ3v) is 4.43. The number of hydrogen-bond donors (Lipinski definition) is 1. The van der Waals surface area contributed by atoms with Crippen LogP contribution in [0.4, 0.5) is 0 Å². The molecule has 0 bridgehead atoms. The molecule has 1 unspecified atom stereocenters. The summed E-state index contributed by atoms with van der Waals surface area (Å²) in [6.07, 6.45) is 5.16. The Hall–Kier alpha value is -0.120. The van der Waals surface area contributed by atoms with Gasteiger partial charge in [0.05, 0.1) is 0 Å². The Balaban J connectivity index is 2.22. The molecule has 0 saturated carbocycles. The molecule has 102 valence electrons. The molecule has 0 spiro atoms. The van der Waals surface area contributed by atoms with Gasteiger partial charge in [-0.15, -0.1) is 0 Å². The van der Waals surface area contributed by atoms with Crippen molar-refractivity contribution >= 4 is 0 Å². The summed E-state index contributed by atoms with van der Waals surface area (Å²) >= 11 is 0. The van der Waals surface area contributed by atoms with Gasteiger partial charge in [-0.05, 0) is 65.0 Å². The second kappa shape index (κ2) is 8.06. The lowest BCUT2D eigenvalue weighted by Crippen LogP contribution is -2.43. The van der Waals surface area contributed by atoms with E-state index < -0.39 is 0 Å². The quantitative estimate of drug-likeness (QED) is 0.737. The molecule has 2 N–H and O–H groups in total. The lowest BCUT2D eigenvalue weighted by atomic mass is 10.00. The van der Waals surface area contributed by atoms with Crippen molar-refractivity contribution in [2.24, 2.45) is 11.7 Å². The number of nitrogens with zero attached hydrogens (tertiary/aromatic N) is 2. The van der Waals surface area contributed by atoms with Gasteiger partial charge in [0.2, 0.25) is 0 Å². The van der Waals surface area contributed by atoms with Gasteiger partial charge in [-0.3, -0.25) is 0 Å². The molecule has 1 saturated heterocycles. The van der Waals surface area contributed by atoms with Gasteiger partial charge in [-0.2, -0.15) is 0 Å². The molecule has 0 aromatic heterocycles. The Morgan fingerprint density at radius 1 is 1.29 bits per heavy atom. The highest BCUT2D eigenvalue weighted by Crippen LogP contribution is 2.16. The van der Waals surface area contributed by atoms with Crippen LogP contribution in [0.3, 0.4) is 0 Å². The van der Waals surface area contributed by atoms with Crippen LogP contribution in [0.15, 0.2) is 0 Å². The summed E-state index contributed by atoms with van der Waals surface area (Å²) in [6.45, 7) is 10.3. The molecular weight excluding hydrogens is 210 g/mol. The molecule has 0 aromatic rings. The SMILES string of the molecule is CCC(CN)CCN(C)C1CCN(CC)CC1. The molecule has 1 heterocycles. The zero-order valence-electron chi connectivity index (χ0n) is 12.0. The molecule has 3 nitrogen and oxygen atoms in total. The first-order valence-electron chi connectivity index (χ1n) is 7.33. The maximum atomic E-state index is 5.76. The monoisotopic (exact) mass is 241 g/mol. The molecular formula is C14H31N3. The average molecular weight is 241 g/mol. The van der Waals surface area contributed by atoms with Crippen molar-refractivity contribution in [3.63, 3.8) is 0 Å². The first kappa shape index (κ1) is 14.9. The van der Waals surface area contributed by atoms with E-state index >= 15 is 0 Å². The Morgan fingerprint density at radius 3 is 2.41 bits per heavy atom. The van der Waals surface area contributed by atoms with E-state index in [-0.39, 0.29) is 0 Å². The average Bonchev–Trinajstić information content (AvgIpc) is 2.39. The highest BCUT2D eigenvalue weighted by molar-refractivity contribution is 4.78. The van der Waals surface area contributed by atoms with Gasteiger partial charge >= 0.3 is 0 Å². The maximum Gasteiger partial charge on any atom is 0.0117 e. The second-order valence-electron chi connectivity index (χ2n) is 5.44. The van der Waals surface area contributed by atoms with Crippen LogP contribution in [0.1, 0.15) is 39.5 Å². The topological polar surface area (TPSA) is 32.5 Å². The smallest absolute Gasteiger partial charge is 0.0117 e. The van der Waals surface area contributed by atoms with Crippen molar-refractivity contribution in [1.29, 1.82) is 0 Å². The first-order chi connectivity index (χ1) is 8.21. The molecule has 0 radical (unpaired) electrons. The van der Waals surface area contributed by atoms with Gasteiger partial charge in [0.1, 0.15) is 0 Å². The third kappa shape index (κ3) is 4.94. The lowest BCUT2D eigenvalue weighted by Gasteiger charge is -2.36. The van der Waals surface area contributed by atoms with Gasteiger partial charge in [0.25, 0.3) is 0 Å². The normalized spacial score (nSPS) is 21.0. The van der Waals surface area contributed by atoms with Crippen LogP contribution in [0.2, 0.25) is 0 Å². The van der Waals surface area contributed by atoms with Crippen molar-refractivity contribution in [3.05, 3.63) is 0 Å². The lowest BCUT2D eigenvalue weighted by molar-refractivity contribution is 0.126. The Labute approximate surface area is 107 Å². The molecule has 0 aliphatic carbocycles. The summed E-state index contributed by atoms with van der Waals surface area (Å²) in [5.41, 5.74) is 5.76. The van der Waals surface area contributed by atoms with E-state index in [0.717, 1.165) is 12.6 Å². The van der Waals surface area contributed by atoms with E-state index in [4.69, 9.17) is 5.73 Å². The Bertz CT molecular complexity index is 184. The predicted octanol–water partition coefficient (Wildman–Crippen LogP) is 1.78. The number of rotatable bonds is 7. The van der Waals surface area contributed by atoms with Gasteiger partial charge in [0, 0.05) is 6.04 Å². The van der Waals surface area contributed by atoms with E-state index in [1.165, 1.54) is 51.9 Å². The molecule has 1 fully saturated rings. The van der Waals surface area contributed by atoms with Crippen molar-refractivity contribution in [2.75, 3.05) is 39.8 Å². The van der Waals surface area contributed by atoms with E-state index in [1.54, 1.807) is 0 Å². The van der Waals surface area contributed by atoms with Crippen molar-refractivity contribution in [3.8, 4) is 0 Å². The fourth-order valence-corrected chi connectivity index (χ4v) is 2.73. The molecule has 0 aromatic carbocycles. The minimum atomic E-state index is 0.716. The van der Waals surface area contributed by atoms with Crippen LogP contribution in [0.25, 0.3) is 0 Å². The van der Waals surface area contributed by atoms with Crippen molar-refractivity contribution in [1.82, 2.24) is 9.80 Å². The van der Waals surface area contributed by atoms with Crippen LogP contribution in [0, 0.1) is 5.92 Å². The van der Waals surface area contributed by atoms with Crippen LogP contribution in [0.5, 0.6) is 0 Å². The molecule has 1 aliphatic rings. The summed E-state index contributed by atoms with van der Waals surface area (Å²) in [5.74, 6) is 0.716. The number of nitrogens with two attached hydrogens (primary N) is 1.